The van der Waals surface area contributed by atoms with E-state index in [0.29, 0.717) is 10.7 Å². The molecule has 0 fully saturated rings. The first-order chi connectivity index (χ1) is 10.2. The number of carbonyl (C=O) groups excluding carboxylic acids is 1. The largest absolute Gasteiger partial charge is 0.298 e. The van der Waals surface area contributed by atoms with Crippen molar-refractivity contribution in [3.63, 3.8) is 0 Å². The van der Waals surface area contributed by atoms with Crippen LogP contribution in [0.15, 0.2) is 47.4 Å². The highest BCUT2D eigenvalue weighted by molar-refractivity contribution is 7.98. The fourth-order valence-corrected chi connectivity index (χ4v) is 3.64. The smallest absolute Gasteiger partial charge is 0.258 e. The van der Waals surface area contributed by atoms with Crippen LogP contribution in [0.5, 0.6) is 0 Å². The maximum Gasteiger partial charge on any atom is 0.258 e. The third-order valence-corrected chi connectivity index (χ3v) is 4.85. The third kappa shape index (κ3) is 2.94. The molecule has 0 spiro atoms. The Balaban J connectivity index is 1.89. The number of benzene rings is 2. The zero-order chi connectivity index (χ0) is 14.8. The molecule has 0 saturated heterocycles. The summed E-state index contributed by atoms with van der Waals surface area (Å²) in [5.41, 5.74) is 2.79. The maximum absolute atomic E-state index is 12.4. The molecule has 0 radical (unpaired) electrons. The average molecular weight is 314 g/mol. The van der Waals surface area contributed by atoms with Gasteiger partial charge in [-0.2, -0.15) is 0 Å². The summed E-state index contributed by atoms with van der Waals surface area (Å²) in [4.78, 5) is 17.8. The minimum Gasteiger partial charge on any atom is -0.298 e. The molecule has 106 valence electrons. The summed E-state index contributed by atoms with van der Waals surface area (Å²) in [6.07, 6.45) is 1.96. The van der Waals surface area contributed by atoms with E-state index < -0.39 is 0 Å². The van der Waals surface area contributed by atoms with Gasteiger partial charge in [0.1, 0.15) is 0 Å². The number of rotatable bonds is 3. The van der Waals surface area contributed by atoms with Crippen molar-refractivity contribution in [2.24, 2.45) is 0 Å². The van der Waals surface area contributed by atoms with Gasteiger partial charge in [-0.25, -0.2) is 4.98 Å². The minimum absolute atomic E-state index is 0.115. The summed E-state index contributed by atoms with van der Waals surface area (Å²) < 4.78 is 1.09. The van der Waals surface area contributed by atoms with E-state index in [1.54, 1.807) is 11.8 Å². The van der Waals surface area contributed by atoms with Crippen LogP contribution in [0.2, 0.25) is 0 Å². The first-order valence-electron chi connectivity index (χ1n) is 6.49. The SMILES string of the molecule is CSc1ccccc1C(=O)Nc1nc2ccc(C)cc2s1. The molecular weight excluding hydrogens is 300 g/mol. The Morgan fingerprint density at radius 1 is 1.24 bits per heavy atom. The maximum atomic E-state index is 12.4. The van der Waals surface area contributed by atoms with Gasteiger partial charge in [0, 0.05) is 4.90 Å². The molecule has 3 nitrogen and oxygen atoms in total. The van der Waals surface area contributed by atoms with E-state index in [2.05, 4.69) is 16.4 Å². The fraction of sp³-hybridized carbons (Fsp3) is 0.125. The molecule has 21 heavy (non-hydrogen) atoms. The number of hydrogen-bond donors (Lipinski definition) is 1. The second kappa shape index (κ2) is 5.87. The van der Waals surface area contributed by atoms with Gasteiger partial charge < -0.3 is 0 Å². The molecule has 3 rings (SSSR count). The number of thioether (sulfide) groups is 1. The van der Waals surface area contributed by atoms with Gasteiger partial charge in [0.15, 0.2) is 5.13 Å². The van der Waals surface area contributed by atoms with Gasteiger partial charge in [-0.3, -0.25) is 10.1 Å². The Hall–Kier alpha value is -1.85. The molecule has 0 aliphatic heterocycles. The Bertz CT molecular complexity index is 811. The Morgan fingerprint density at radius 3 is 2.86 bits per heavy atom. The number of hydrogen-bond acceptors (Lipinski definition) is 4. The number of nitrogens with one attached hydrogen (secondary N) is 1. The van der Waals surface area contributed by atoms with E-state index in [9.17, 15) is 4.79 Å². The van der Waals surface area contributed by atoms with Crippen LogP contribution in [0.4, 0.5) is 5.13 Å². The first kappa shape index (κ1) is 14.1. The van der Waals surface area contributed by atoms with Gasteiger partial charge in [0.05, 0.1) is 15.8 Å². The van der Waals surface area contributed by atoms with Gasteiger partial charge in [0.2, 0.25) is 0 Å². The Morgan fingerprint density at radius 2 is 2.05 bits per heavy atom. The van der Waals surface area contributed by atoms with Crippen LogP contribution >= 0.6 is 23.1 Å². The van der Waals surface area contributed by atoms with Crippen molar-refractivity contribution in [1.82, 2.24) is 4.98 Å². The van der Waals surface area contributed by atoms with Crippen LogP contribution in [0.25, 0.3) is 10.2 Å². The lowest BCUT2D eigenvalue weighted by Gasteiger charge is -2.05. The third-order valence-electron chi connectivity index (χ3n) is 3.12. The highest BCUT2D eigenvalue weighted by Crippen LogP contribution is 2.28. The summed E-state index contributed by atoms with van der Waals surface area (Å²) >= 11 is 3.06. The number of aryl methyl sites for hydroxylation is 1. The lowest BCUT2D eigenvalue weighted by molar-refractivity contribution is 0.102. The van der Waals surface area contributed by atoms with Crippen molar-refractivity contribution in [2.45, 2.75) is 11.8 Å². The van der Waals surface area contributed by atoms with Gasteiger partial charge in [0.25, 0.3) is 5.91 Å². The van der Waals surface area contributed by atoms with Gasteiger partial charge in [-0.15, -0.1) is 11.8 Å². The lowest BCUT2D eigenvalue weighted by atomic mass is 10.2. The molecule has 1 amide bonds. The monoisotopic (exact) mass is 314 g/mol. The Labute approximate surface area is 131 Å². The molecule has 0 atom stereocenters. The number of anilines is 1. The highest BCUT2D eigenvalue weighted by Gasteiger charge is 2.13. The van der Waals surface area contributed by atoms with E-state index in [-0.39, 0.29) is 5.91 Å². The number of nitrogens with zero attached hydrogens (tertiary/aromatic N) is 1. The molecule has 1 aromatic heterocycles. The molecule has 0 bridgehead atoms. The molecule has 0 saturated carbocycles. The number of thiazole rings is 1. The second-order valence-corrected chi connectivity index (χ2v) is 6.52. The van der Waals surface area contributed by atoms with Gasteiger partial charge in [-0.05, 0) is 43.0 Å². The van der Waals surface area contributed by atoms with E-state index in [1.807, 2.05) is 49.6 Å². The fourth-order valence-electron chi connectivity index (χ4n) is 2.08. The molecule has 3 aromatic rings. The topological polar surface area (TPSA) is 42.0 Å². The van der Waals surface area contributed by atoms with Gasteiger partial charge in [-0.1, -0.05) is 29.5 Å². The molecule has 2 aromatic carbocycles. The predicted octanol–water partition coefficient (Wildman–Crippen LogP) is 4.58. The first-order valence-corrected chi connectivity index (χ1v) is 8.53. The van der Waals surface area contributed by atoms with Gasteiger partial charge >= 0.3 is 0 Å². The van der Waals surface area contributed by atoms with Crippen LogP contribution in [-0.2, 0) is 0 Å². The molecule has 5 heteroatoms. The molecule has 0 aliphatic rings. The van der Waals surface area contributed by atoms with Crippen molar-refractivity contribution in [3.8, 4) is 0 Å². The predicted molar refractivity (Wildman–Crippen MR) is 90.5 cm³/mol. The Kier molecular flexibility index (Phi) is 3.94. The average Bonchev–Trinajstić information content (AvgIpc) is 2.88. The molecular formula is C16H14N2OS2. The summed E-state index contributed by atoms with van der Waals surface area (Å²) in [5.74, 6) is -0.115. The van der Waals surface area contributed by atoms with Crippen molar-refractivity contribution in [1.29, 1.82) is 0 Å². The zero-order valence-corrected chi connectivity index (χ0v) is 13.3. The van der Waals surface area contributed by atoms with E-state index in [0.717, 1.165) is 15.1 Å². The molecule has 0 unspecified atom stereocenters. The zero-order valence-electron chi connectivity index (χ0n) is 11.7. The van der Waals surface area contributed by atoms with Crippen molar-refractivity contribution < 1.29 is 4.79 Å². The number of aromatic nitrogens is 1. The van der Waals surface area contributed by atoms with E-state index >= 15 is 0 Å². The summed E-state index contributed by atoms with van der Waals surface area (Å²) in [6.45, 7) is 2.05. The number of amides is 1. The van der Waals surface area contributed by atoms with E-state index in [4.69, 9.17) is 0 Å². The lowest BCUT2D eigenvalue weighted by Crippen LogP contribution is -2.12. The van der Waals surface area contributed by atoms with Crippen LogP contribution in [0.3, 0.4) is 0 Å². The summed E-state index contributed by atoms with van der Waals surface area (Å²) in [6, 6.07) is 13.7. The van der Waals surface area contributed by atoms with Crippen molar-refractivity contribution >= 4 is 44.4 Å². The number of fused-ring (bicyclic) bond motifs is 1. The van der Waals surface area contributed by atoms with Crippen LogP contribution in [-0.4, -0.2) is 17.1 Å². The van der Waals surface area contributed by atoms with Crippen LogP contribution in [0.1, 0.15) is 15.9 Å². The normalized spacial score (nSPS) is 10.8. The molecule has 0 aliphatic carbocycles. The quantitative estimate of drug-likeness (QED) is 0.720. The summed E-state index contributed by atoms with van der Waals surface area (Å²) in [5, 5.41) is 3.53. The number of carbonyl (C=O) groups is 1. The van der Waals surface area contributed by atoms with E-state index in [1.165, 1.54) is 16.9 Å². The van der Waals surface area contributed by atoms with Crippen LogP contribution < -0.4 is 5.32 Å². The second-order valence-electron chi connectivity index (χ2n) is 4.64. The summed E-state index contributed by atoms with van der Waals surface area (Å²) in [7, 11) is 0. The molecule has 1 N–H and O–H groups in total. The minimum atomic E-state index is -0.115. The van der Waals surface area contributed by atoms with Crippen LogP contribution in [0, 0.1) is 6.92 Å². The van der Waals surface area contributed by atoms with Crippen molar-refractivity contribution in [3.05, 3.63) is 53.6 Å². The van der Waals surface area contributed by atoms with Crippen molar-refractivity contribution in [2.75, 3.05) is 11.6 Å². The molecule has 1 heterocycles. The standard InChI is InChI=1S/C16H14N2OS2/c1-10-7-8-12-14(9-10)21-16(17-12)18-15(19)11-5-3-4-6-13(11)20-2/h3-9H,1-2H3,(H,17,18,19). The highest BCUT2D eigenvalue weighted by atomic mass is 32.2.